The summed E-state index contributed by atoms with van der Waals surface area (Å²) in [4.78, 5) is 27.5. The summed E-state index contributed by atoms with van der Waals surface area (Å²) in [7, 11) is 2.79. The van der Waals surface area contributed by atoms with E-state index in [1.54, 1.807) is 13.0 Å². The SMILES string of the molecule is CCOC(=O)CN=Cc1c(O)c2c(OC)c3ccoc3c(OC)c2oc1=O. The summed E-state index contributed by atoms with van der Waals surface area (Å²) in [5, 5.41) is 11.3. The molecule has 2 aromatic heterocycles. The van der Waals surface area contributed by atoms with E-state index in [-0.39, 0.29) is 41.2 Å². The zero-order valence-electron chi connectivity index (χ0n) is 14.9. The molecule has 9 heteroatoms. The molecule has 3 rings (SSSR count). The first-order valence-corrected chi connectivity index (χ1v) is 7.99. The van der Waals surface area contributed by atoms with Gasteiger partial charge in [0.25, 0.3) is 0 Å². The van der Waals surface area contributed by atoms with Crippen LogP contribution in [0.25, 0.3) is 21.9 Å². The molecule has 0 radical (unpaired) electrons. The molecule has 0 bridgehead atoms. The molecule has 0 aliphatic rings. The van der Waals surface area contributed by atoms with Gasteiger partial charge in [-0.05, 0) is 13.0 Å². The van der Waals surface area contributed by atoms with Gasteiger partial charge in [0.1, 0.15) is 29.0 Å². The Hall–Kier alpha value is -3.49. The minimum atomic E-state index is -0.862. The molecule has 0 unspecified atom stereocenters. The average Bonchev–Trinajstić information content (AvgIpc) is 3.12. The molecule has 3 aromatic rings. The fourth-order valence-corrected chi connectivity index (χ4v) is 2.74. The molecule has 0 aliphatic carbocycles. The van der Waals surface area contributed by atoms with E-state index in [9.17, 15) is 14.7 Å². The van der Waals surface area contributed by atoms with Crippen LogP contribution in [-0.4, -0.2) is 44.7 Å². The van der Waals surface area contributed by atoms with Crippen molar-refractivity contribution in [2.45, 2.75) is 6.92 Å². The summed E-state index contributed by atoms with van der Waals surface area (Å²) < 4.78 is 26.2. The molecular weight excluding hydrogens is 358 g/mol. The highest BCUT2D eigenvalue weighted by molar-refractivity contribution is 6.10. The minimum Gasteiger partial charge on any atom is -0.506 e. The van der Waals surface area contributed by atoms with Crippen LogP contribution in [0, 0.1) is 0 Å². The number of nitrogens with zero attached hydrogens (tertiary/aromatic N) is 1. The summed E-state index contributed by atoms with van der Waals surface area (Å²) in [6.07, 6.45) is 2.48. The van der Waals surface area contributed by atoms with E-state index in [1.807, 2.05) is 0 Å². The molecule has 2 heterocycles. The van der Waals surface area contributed by atoms with Crippen LogP contribution in [0.5, 0.6) is 17.2 Å². The zero-order chi connectivity index (χ0) is 19.6. The minimum absolute atomic E-state index is 0.0261. The molecule has 0 aliphatic heterocycles. The molecule has 0 amide bonds. The van der Waals surface area contributed by atoms with E-state index in [0.29, 0.717) is 11.0 Å². The number of esters is 1. The fourth-order valence-electron chi connectivity index (χ4n) is 2.74. The maximum absolute atomic E-state index is 12.3. The van der Waals surface area contributed by atoms with E-state index in [4.69, 9.17) is 23.0 Å². The Balaban J connectivity index is 2.24. The summed E-state index contributed by atoms with van der Waals surface area (Å²) in [5.74, 6) is -0.575. The first kappa shape index (κ1) is 18.3. The van der Waals surface area contributed by atoms with Crippen LogP contribution in [0.15, 0.2) is 31.0 Å². The van der Waals surface area contributed by atoms with Crippen LogP contribution < -0.4 is 15.1 Å². The van der Waals surface area contributed by atoms with Crippen molar-refractivity contribution in [3.8, 4) is 17.2 Å². The van der Waals surface area contributed by atoms with Gasteiger partial charge >= 0.3 is 11.6 Å². The molecule has 9 nitrogen and oxygen atoms in total. The summed E-state index contributed by atoms with van der Waals surface area (Å²) >= 11 is 0. The van der Waals surface area contributed by atoms with E-state index in [2.05, 4.69) is 4.99 Å². The third-order valence-corrected chi connectivity index (χ3v) is 3.84. The Morgan fingerprint density at radius 1 is 1.26 bits per heavy atom. The molecule has 0 spiro atoms. The number of rotatable bonds is 6. The van der Waals surface area contributed by atoms with Gasteiger partial charge < -0.3 is 28.2 Å². The van der Waals surface area contributed by atoms with Crippen molar-refractivity contribution in [2.24, 2.45) is 4.99 Å². The number of furan rings is 1. The monoisotopic (exact) mass is 375 g/mol. The third kappa shape index (κ3) is 3.07. The second-order valence-electron chi connectivity index (χ2n) is 5.36. The highest BCUT2D eigenvalue weighted by Crippen LogP contribution is 2.46. The first-order chi connectivity index (χ1) is 13.0. The highest BCUT2D eigenvalue weighted by atomic mass is 16.5. The predicted molar refractivity (Wildman–Crippen MR) is 96.1 cm³/mol. The summed E-state index contributed by atoms with van der Waals surface area (Å²) in [5.41, 5.74) is -0.802. The van der Waals surface area contributed by atoms with Crippen molar-refractivity contribution in [1.29, 1.82) is 0 Å². The van der Waals surface area contributed by atoms with Crippen LogP contribution in [-0.2, 0) is 9.53 Å². The second kappa shape index (κ2) is 7.40. The van der Waals surface area contributed by atoms with Crippen LogP contribution in [0.3, 0.4) is 0 Å². The van der Waals surface area contributed by atoms with Crippen LogP contribution in [0.1, 0.15) is 12.5 Å². The Bertz CT molecular complexity index is 1090. The van der Waals surface area contributed by atoms with E-state index in [0.717, 1.165) is 6.21 Å². The third-order valence-electron chi connectivity index (χ3n) is 3.84. The highest BCUT2D eigenvalue weighted by Gasteiger charge is 2.25. The quantitative estimate of drug-likeness (QED) is 0.396. The number of carbonyl (C=O) groups excluding carboxylic acids is 1. The average molecular weight is 375 g/mol. The summed E-state index contributed by atoms with van der Waals surface area (Å²) in [6, 6.07) is 1.63. The molecule has 0 fully saturated rings. The van der Waals surface area contributed by atoms with Crippen LogP contribution in [0.4, 0.5) is 0 Å². The maximum atomic E-state index is 12.3. The fraction of sp³-hybridized carbons (Fsp3) is 0.278. The van der Waals surface area contributed by atoms with Gasteiger partial charge in [-0.1, -0.05) is 0 Å². The number of carbonyl (C=O) groups is 1. The Morgan fingerprint density at radius 2 is 2.00 bits per heavy atom. The smallest absolute Gasteiger partial charge is 0.349 e. The molecule has 0 atom stereocenters. The molecule has 1 aromatic carbocycles. The number of hydrogen-bond donors (Lipinski definition) is 1. The maximum Gasteiger partial charge on any atom is 0.349 e. The Labute approximate surface area is 152 Å². The Morgan fingerprint density at radius 3 is 2.67 bits per heavy atom. The van der Waals surface area contributed by atoms with Crippen molar-refractivity contribution in [1.82, 2.24) is 0 Å². The Kier molecular flexibility index (Phi) is 5.02. The van der Waals surface area contributed by atoms with E-state index >= 15 is 0 Å². The van der Waals surface area contributed by atoms with Gasteiger partial charge in [-0.25, -0.2) is 4.79 Å². The molecule has 0 saturated carbocycles. The number of hydrogen-bond acceptors (Lipinski definition) is 9. The largest absolute Gasteiger partial charge is 0.506 e. The number of aliphatic imine (C=N–C) groups is 1. The topological polar surface area (TPSA) is 121 Å². The molecule has 1 N–H and O–H groups in total. The molecule has 27 heavy (non-hydrogen) atoms. The standard InChI is InChI=1S/C18H17NO8/c1-4-25-11(20)8-19-7-10-13(21)12-14(23-2)9-5-6-26-15(9)17(24-3)16(12)27-18(10)22/h5-7,21H,4,8H2,1-3H3. The lowest BCUT2D eigenvalue weighted by molar-refractivity contribution is -0.141. The molecule has 0 saturated heterocycles. The van der Waals surface area contributed by atoms with Gasteiger partial charge in [0.05, 0.1) is 32.5 Å². The lowest BCUT2D eigenvalue weighted by atomic mass is 10.1. The number of methoxy groups -OCH3 is 2. The van der Waals surface area contributed by atoms with Crippen molar-refractivity contribution >= 4 is 34.1 Å². The van der Waals surface area contributed by atoms with Gasteiger partial charge in [-0.2, -0.15) is 0 Å². The second-order valence-corrected chi connectivity index (χ2v) is 5.36. The van der Waals surface area contributed by atoms with E-state index < -0.39 is 17.3 Å². The van der Waals surface area contributed by atoms with Crippen molar-refractivity contribution in [2.75, 3.05) is 27.4 Å². The van der Waals surface area contributed by atoms with Crippen LogP contribution in [0.2, 0.25) is 0 Å². The van der Waals surface area contributed by atoms with Crippen molar-refractivity contribution in [3.63, 3.8) is 0 Å². The van der Waals surface area contributed by atoms with Gasteiger partial charge in [-0.15, -0.1) is 0 Å². The van der Waals surface area contributed by atoms with Crippen molar-refractivity contribution < 1.29 is 32.9 Å². The first-order valence-electron chi connectivity index (χ1n) is 7.99. The number of fused-ring (bicyclic) bond motifs is 2. The molecule has 142 valence electrons. The lowest BCUT2D eigenvalue weighted by Gasteiger charge is -2.12. The van der Waals surface area contributed by atoms with Gasteiger partial charge in [0, 0.05) is 6.21 Å². The number of ether oxygens (including phenoxy) is 3. The van der Waals surface area contributed by atoms with E-state index in [1.165, 1.54) is 20.5 Å². The van der Waals surface area contributed by atoms with Gasteiger partial charge in [0.2, 0.25) is 5.75 Å². The number of aromatic hydroxyl groups is 1. The summed E-state index contributed by atoms with van der Waals surface area (Å²) in [6.45, 7) is 1.59. The lowest BCUT2D eigenvalue weighted by Crippen LogP contribution is -2.11. The van der Waals surface area contributed by atoms with Crippen LogP contribution >= 0.6 is 0 Å². The predicted octanol–water partition coefficient (Wildman–Crippen LogP) is 2.24. The number of benzene rings is 1. The van der Waals surface area contributed by atoms with Crippen molar-refractivity contribution in [3.05, 3.63) is 28.3 Å². The zero-order valence-corrected chi connectivity index (χ0v) is 14.9. The normalized spacial score (nSPS) is 11.4. The molecular formula is C18H17NO8. The van der Waals surface area contributed by atoms with Gasteiger partial charge in [-0.3, -0.25) is 9.79 Å². The van der Waals surface area contributed by atoms with Gasteiger partial charge in [0.15, 0.2) is 11.2 Å².